The van der Waals surface area contributed by atoms with Gasteiger partial charge >= 0.3 is 0 Å². The number of nitrogens with one attached hydrogen (secondary N) is 3. The maximum absolute atomic E-state index is 11.5. The SMILES string of the molecule is CCCCNC(=O)CCNCCc1c[nH]c2ccccc12. The van der Waals surface area contributed by atoms with E-state index in [1.165, 1.54) is 16.5 Å². The lowest BCUT2D eigenvalue weighted by Crippen LogP contribution is -2.29. The summed E-state index contributed by atoms with van der Waals surface area (Å²) in [7, 11) is 0. The van der Waals surface area contributed by atoms with Gasteiger partial charge in [-0.25, -0.2) is 0 Å². The molecule has 0 bridgehead atoms. The molecule has 2 aromatic rings. The van der Waals surface area contributed by atoms with Gasteiger partial charge in [0, 0.05) is 36.6 Å². The number of para-hydroxylation sites is 1. The molecule has 0 radical (unpaired) electrons. The van der Waals surface area contributed by atoms with Crippen molar-refractivity contribution >= 4 is 16.8 Å². The molecule has 0 fully saturated rings. The van der Waals surface area contributed by atoms with Crippen molar-refractivity contribution in [2.24, 2.45) is 0 Å². The van der Waals surface area contributed by atoms with Crippen LogP contribution in [0, 0.1) is 0 Å². The predicted molar refractivity (Wildman–Crippen MR) is 87.4 cm³/mol. The standard InChI is InChI=1S/C17H25N3O/c1-2-3-10-19-17(21)9-12-18-11-8-14-13-20-16-7-5-4-6-15(14)16/h4-7,13,18,20H,2-3,8-12H2,1H3,(H,19,21). The van der Waals surface area contributed by atoms with Gasteiger partial charge in [0.2, 0.25) is 5.91 Å². The van der Waals surface area contributed by atoms with Gasteiger partial charge in [-0.2, -0.15) is 0 Å². The first-order valence-electron chi connectivity index (χ1n) is 7.83. The second-order valence-electron chi connectivity index (χ2n) is 5.31. The molecule has 0 unspecified atom stereocenters. The molecule has 3 N–H and O–H groups in total. The van der Waals surface area contributed by atoms with Gasteiger partial charge in [0.25, 0.3) is 0 Å². The topological polar surface area (TPSA) is 56.9 Å². The number of benzene rings is 1. The van der Waals surface area contributed by atoms with Crippen LogP contribution in [0.2, 0.25) is 0 Å². The van der Waals surface area contributed by atoms with Crippen molar-refractivity contribution in [3.63, 3.8) is 0 Å². The molecule has 0 saturated heterocycles. The Bertz CT molecular complexity index is 562. The highest BCUT2D eigenvalue weighted by atomic mass is 16.1. The van der Waals surface area contributed by atoms with Gasteiger partial charge in [-0.15, -0.1) is 0 Å². The molecule has 114 valence electrons. The Labute approximate surface area is 126 Å². The molecular weight excluding hydrogens is 262 g/mol. The molecule has 1 aromatic heterocycles. The van der Waals surface area contributed by atoms with Crippen LogP contribution in [0.25, 0.3) is 10.9 Å². The lowest BCUT2D eigenvalue weighted by molar-refractivity contribution is -0.120. The normalized spacial score (nSPS) is 10.9. The lowest BCUT2D eigenvalue weighted by Gasteiger charge is -2.06. The summed E-state index contributed by atoms with van der Waals surface area (Å²) in [6.45, 7) is 4.55. The molecule has 21 heavy (non-hydrogen) atoms. The maximum Gasteiger partial charge on any atom is 0.221 e. The number of carbonyl (C=O) groups excluding carboxylic acids is 1. The number of carbonyl (C=O) groups is 1. The number of aromatic amines is 1. The van der Waals surface area contributed by atoms with Crippen molar-refractivity contribution in [3.8, 4) is 0 Å². The molecule has 0 aliphatic heterocycles. The molecule has 0 atom stereocenters. The zero-order chi connectivity index (χ0) is 14.9. The van der Waals surface area contributed by atoms with Crippen molar-refractivity contribution in [2.45, 2.75) is 32.6 Å². The van der Waals surface area contributed by atoms with Crippen molar-refractivity contribution in [2.75, 3.05) is 19.6 Å². The highest BCUT2D eigenvalue weighted by molar-refractivity contribution is 5.83. The Morgan fingerprint density at radius 2 is 2.05 bits per heavy atom. The monoisotopic (exact) mass is 287 g/mol. The maximum atomic E-state index is 11.5. The minimum atomic E-state index is 0.142. The van der Waals surface area contributed by atoms with Gasteiger partial charge in [0.15, 0.2) is 0 Å². The number of unbranched alkanes of at least 4 members (excludes halogenated alkanes) is 1. The Morgan fingerprint density at radius 1 is 1.19 bits per heavy atom. The van der Waals surface area contributed by atoms with Crippen LogP contribution >= 0.6 is 0 Å². The summed E-state index contributed by atoms with van der Waals surface area (Å²) in [5.74, 6) is 0.142. The summed E-state index contributed by atoms with van der Waals surface area (Å²) >= 11 is 0. The molecule has 2 rings (SSSR count). The molecule has 0 aliphatic rings. The fourth-order valence-electron chi connectivity index (χ4n) is 2.38. The first-order chi connectivity index (χ1) is 10.3. The van der Waals surface area contributed by atoms with Gasteiger partial charge in [-0.05, 0) is 31.0 Å². The summed E-state index contributed by atoms with van der Waals surface area (Å²) < 4.78 is 0. The molecule has 1 heterocycles. The third kappa shape index (κ3) is 4.90. The number of aromatic nitrogens is 1. The van der Waals surface area contributed by atoms with Crippen LogP contribution < -0.4 is 10.6 Å². The van der Waals surface area contributed by atoms with E-state index in [-0.39, 0.29) is 5.91 Å². The highest BCUT2D eigenvalue weighted by Gasteiger charge is 2.03. The van der Waals surface area contributed by atoms with Crippen LogP contribution in [0.1, 0.15) is 31.7 Å². The Balaban J connectivity index is 1.63. The number of rotatable bonds is 9. The fourth-order valence-corrected chi connectivity index (χ4v) is 2.38. The molecule has 0 spiro atoms. The van der Waals surface area contributed by atoms with E-state index >= 15 is 0 Å². The lowest BCUT2D eigenvalue weighted by atomic mass is 10.1. The van der Waals surface area contributed by atoms with Crippen LogP contribution in [0.4, 0.5) is 0 Å². The van der Waals surface area contributed by atoms with Gasteiger partial charge in [0.05, 0.1) is 0 Å². The van der Waals surface area contributed by atoms with Gasteiger partial charge < -0.3 is 15.6 Å². The molecule has 1 amide bonds. The molecule has 0 saturated carbocycles. The van der Waals surface area contributed by atoms with Gasteiger partial charge in [-0.1, -0.05) is 31.5 Å². The van der Waals surface area contributed by atoms with Crippen molar-refractivity contribution in [3.05, 3.63) is 36.0 Å². The quantitative estimate of drug-likeness (QED) is 0.621. The zero-order valence-corrected chi connectivity index (χ0v) is 12.7. The smallest absolute Gasteiger partial charge is 0.221 e. The van der Waals surface area contributed by atoms with Crippen LogP contribution in [0.3, 0.4) is 0 Å². The van der Waals surface area contributed by atoms with Crippen molar-refractivity contribution in [1.82, 2.24) is 15.6 Å². The number of amides is 1. The number of hydrogen-bond donors (Lipinski definition) is 3. The van der Waals surface area contributed by atoms with Crippen LogP contribution in [-0.4, -0.2) is 30.5 Å². The molecule has 4 heteroatoms. The van der Waals surface area contributed by atoms with Crippen molar-refractivity contribution in [1.29, 1.82) is 0 Å². The van der Waals surface area contributed by atoms with Gasteiger partial charge in [0.1, 0.15) is 0 Å². The zero-order valence-electron chi connectivity index (χ0n) is 12.7. The van der Waals surface area contributed by atoms with Gasteiger partial charge in [-0.3, -0.25) is 4.79 Å². The summed E-state index contributed by atoms with van der Waals surface area (Å²) in [6, 6.07) is 8.33. The van der Waals surface area contributed by atoms with E-state index in [0.717, 1.165) is 38.9 Å². The van der Waals surface area contributed by atoms with E-state index in [2.05, 4.69) is 46.9 Å². The molecular formula is C17H25N3O. The summed E-state index contributed by atoms with van der Waals surface area (Å²) in [4.78, 5) is 14.8. The van der Waals surface area contributed by atoms with Crippen LogP contribution in [0.15, 0.2) is 30.5 Å². The largest absolute Gasteiger partial charge is 0.361 e. The first kappa shape index (κ1) is 15.6. The van der Waals surface area contributed by atoms with E-state index in [9.17, 15) is 4.79 Å². The second-order valence-corrected chi connectivity index (χ2v) is 5.31. The number of hydrogen-bond acceptors (Lipinski definition) is 2. The predicted octanol–water partition coefficient (Wildman–Crippen LogP) is 2.61. The van der Waals surface area contributed by atoms with E-state index in [4.69, 9.17) is 0 Å². The van der Waals surface area contributed by atoms with Crippen molar-refractivity contribution < 1.29 is 4.79 Å². The summed E-state index contributed by atoms with van der Waals surface area (Å²) in [6.07, 6.45) is 5.77. The third-order valence-corrected chi connectivity index (χ3v) is 3.63. The molecule has 0 aliphatic carbocycles. The molecule has 1 aromatic carbocycles. The summed E-state index contributed by atoms with van der Waals surface area (Å²) in [5.41, 5.74) is 2.51. The average molecular weight is 287 g/mol. The van der Waals surface area contributed by atoms with E-state index < -0.39 is 0 Å². The minimum Gasteiger partial charge on any atom is -0.361 e. The van der Waals surface area contributed by atoms with E-state index in [1.54, 1.807) is 0 Å². The Morgan fingerprint density at radius 3 is 2.90 bits per heavy atom. The third-order valence-electron chi connectivity index (χ3n) is 3.63. The Hall–Kier alpha value is -1.81. The Kier molecular flexibility index (Phi) is 6.28. The van der Waals surface area contributed by atoms with E-state index in [1.807, 2.05) is 6.07 Å². The number of H-pyrrole nitrogens is 1. The van der Waals surface area contributed by atoms with Crippen LogP contribution in [0.5, 0.6) is 0 Å². The van der Waals surface area contributed by atoms with Crippen LogP contribution in [-0.2, 0) is 11.2 Å². The summed E-state index contributed by atoms with van der Waals surface area (Å²) in [5, 5.41) is 7.55. The second kappa shape index (κ2) is 8.47. The molecule has 4 nitrogen and oxygen atoms in total. The van der Waals surface area contributed by atoms with E-state index in [0.29, 0.717) is 6.42 Å². The minimum absolute atomic E-state index is 0.142. The first-order valence-corrected chi connectivity index (χ1v) is 7.83. The highest BCUT2D eigenvalue weighted by Crippen LogP contribution is 2.17. The number of fused-ring (bicyclic) bond motifs is 1. The average Bonchev–Trinajstić information content (AvgIpc) is 2.91. The fraction of sp³-hybridized carbons (Fsp3) is 0.471.